The van der Waals surface area contributed by atoms with Gasteiger partial charge in [-0.2, -0.15) is 5.26 Å². The van der Waals surface area contributed by atoms with E-state index >= 15 is 0 Å². The molecule has 7 heteroatoms. The molecule has 1 saturated heterocycles. The monoisotopic (exact) mass is 361 g/mol. The fourth-order valence-electron chi connectivity index (χ4n) is 2.59. The van der Waals surface area contributed by atoms with E-state index in [1.807, 2.05) is 26.2 Å². The molecule has 0 saturated carbocycles. The number of amides is 2. The van der Waals surface area contributed by atoms with Crippen LogP contribution in [-0.2, 0) is 9.53 Å². The molecule has 1 unspecified atom stereocenters. The first-order valence-corrected chi connectivity index (χ1v) is 9.05. The molecule has 134 valence electrons. The van der Waals surface area contributed by atoms with Crippen molar-refractivity contribution in [3.05, 3.63) is 24.3 Å². The quantitative estimate of drug-likeness (QED) is 0.653. The van der Waals surface area contributed by atoms with Gasteiger partial charge < -0.3 is 15.0 Å². The standard InChI is InChI=1S/C18H23N3O3S/c1-18(2,3)24-17(23)21-10-4-5-13(11-21)16(22)20-14-6-8-15(9-7-14)25-12-19/h6-9,13H,4-5,10-11H2,1-3H3,(H,20,22). The summed E-state index contributed by atoms with van der Waals surface area (Å²) in [6.45, 7) is 6.45. The SMILES string of the molecule is CC(C)(C)OC(=O)N1CCCC(C(=O)Nc2ccc(SC#N)cc2)C1. The normalized spacial score (nSPS) is 17.5. The molecule has 0 spiro atoms. The topological polar surface area (TPSA) is 82.4 Å². The number of ether oxygens (including phenoxy) is 1. The zero-order valence-electron chi connectivity index (χ0n) is 14.7. The number of anilines is 1. The molecule has 0 aromatic heterocycles. The fourth-order valence-corrected chi connectivity index (χ4v) is 2.96. The van der Waals surface area contributed by atoms with Gasteiger partial charge in [0.1, 0.15) is 11.0 Å². The first kappa shape index (κ1) is 19.1. The van der Waals surface area contributed by atoms with E-state index in [1.165, 1.54) is 0 Å². The Hall–Kier alpha value is -2.20. The smallest absolute Gasteiger partial charge is 0.410 e. The Morgan fingerprint density at radius 2 is 2.00 bits per heavy atom. The molecule has 0 radical (unpaired) electrons. The number of piperidine rings is 1. The molecular weight excluding hydrogens is 338 g/mol. The summed E-state index contributed by atoms with van der Waals surface area (Å²) in [4.78, 5) is 27.1. The van der Waals surface area contributed by atoms with Crippen molar-refractivity contribution < 1.29 is 14.3 Å². The average Bonchev–Trinajstić information content (AvgIpc) is 2.55. The lowest BCUT2D eigenvalue weighted by atomic mass is 9.97. The maximum atomic E-state index is 12.5. The van der Waals surface area contributed by atoms with Crippen LogP contribution in [0.2, 0.25) is 0 Å². The molecule has 1 aliphatic heterocycles. The molecule has 1 atom stereocenters. The third kappa shape index (κ3) is 5.98. The zero-order chi connectivity index (χ0) is 18.4. The number of thioether (sulfide) groups is 1. The van der Waals surface area contributed by atoms with Crippen LogP contribution in [0.4, 0.5) is 10.5 Å². The number of rotatable bonds is 3. The Bertz CT molecular complexity index is 662. The minimum Gasteiger partial charge on any atom is -0.444 e. The molecule has 1 aromatic rings. The summed E-state index contributed by atoms with van der Waals surface area (Å²) in [5.41, 5.74) is 0.136. The zero-order valence-corrected chi connectivity index (χ0v) is 15.6. The van der Waals surface area contributed by atoms with Crippen molar-refractivity contribution in [2.75, 3.05) is 18.4 Å². The lowest BCUT2D eigenvalue weighted by molar-refractivity contribution is -0.121. The minimum absolute atomic E-state index is 0.103. The fraction of sp³-hybridized carbons (Fsp3) is 0.500. The number of carbonyl (C=O) groups is 2. The van der Waals surface area contributed by atoms with Crippen molar-refractivity contribution in [2.24, 2.45) is 5.92 Å². The Morgan fingerprint density at radius 3 is 2.60 bits per heavy atom. The molecule has 0 aliphatic carbocycles. The first-order valence-electron chi connectivity index (χ1n) is 8.23. The van der Waals surface area contributed by atoms with Crippen LogP contribution in [-0.4, -0.2) is 35.6 Å². The largest absolute Gasteiger partial charge is 0.444 e. The molecule has 1 fully saturated rings. The summed E-state index contributed by atoms with van der Waals surface area (Å²) < 4.78 is 5.39. The summed E-state index contributed by atoms with van der Waals surface area (Å²) in [6, 6.07) is 7.12. The summed E-state index contributed by atoms with van der Waals surface area (Å²) in [6.07, 6.45) is 1.14. The van der Waals surface area contributed by atoms with Crippen LogP contribution in [0, 0.1) is 16.6 Å². The second kappa shape index (κ2) is 8.26. The van der Waals surface area contributed by atoms with E-state index in [9.17, 15) is 9.59 Å². The van der Waals surface area contributed by atoms with Gasteiger partial charge in [0.25, 0.3) is 0 Å². The highest BCUT2D eigenvalue weighted by Gasteiger charge is 2.31. The molecule has 2 rings (SSSR count). The van der Waals surface area contributed by atoms with Gasteiger partial charge in [0, 0.05) is 23.7 Å². The summed E-state index contributed by atoms with van der Waals surface area (Å²) in [5.74, 6) is -0.358. The summed E-state index contributed by atoms with van der Waals surface area (Å²) in [7, 11) is 0. The van der Waals surface area contributed by atoms with Crippen molar-refractivity contribution in [3.63, 3.8) is 0 Å². The van der Waals surface area contributed by atoms with Crippen LogP contribution in [0.25, 0.3) is 0 Å². The Kier molecular flexibility index (Phi) is 6.32. The van der Waals surface area contributed by atoms with Crippen molar-refractivity contribution in [1.29, 1.82) is 5.26 Å². The van der Waals surface area contributed by atoms with Gasteiger partial charge in [0.2, 0.25) is 5.91 Å². The number of nitrogens with zero attached hydrogens (tertiary/aromatic N) is 2. The summed E-state index contributed by atoms with van der Waals surface area (Å²) in [5, 5.41) is 13.5. The van der Waals surface area contributed by atoms with Crippen LogP contribution in [0.15, 0.2) is 29.2 Å². The number of thiocyanates is 1. The van der Waals surface area contributed by atoms with Crippen molar-refractivity contribution in [1.82, 2.24) is 4.90 Å². The number of carbonyl (C=O) groups excluding carboxylic acids is 2. The maximum Gasteiger partial charge on any atom is 0.410 e. The maximum absolute atomic E-state index is 12.5. The number of likely N-dealkylation sites (tertiary alicyclic amines) is 1. The summed E-state index contributed by atoms with van der Waals surface area (Å²) >= 11 is 1.07. The van der Waals surface area contributed by atoms with Gasteiger partial charge in [-0.3, -0.25) is 4.79 Å². The Balaban J connectivity index is 1.93. The Labute approximate surface area is 152 Å². The third-order valence-corrected chi connectivity index (χ3v) is 4.33. The van der Waals surface area contributed by atoms with Gasteiger partial charge in [-0.25, -0.2) is 4.79 Å². The number of nitrogens with one attached hydrogen (secondary N) is 1. The Morgan fingerprint density at radius 1 is 1.32 bits per heavy atom. The molecule has 1 N–H and O–H groups in total. The van der Waals surface area contributed by atoms with Crippen LogP contribution < -0.4 is 5.32 Å². The van der Waals surface area contributed by atoms with E-state index in [0.29, 0.717) is 18.8 Å². The molecule has 1 aromatic carbocycles. The molecular formula is C18H23N3O3S. The van der Waals surface area contributed by atoms with Gasteiger partial charge in [-0.1, -0.05) is 0 Å². The van der Waals surface area contributed by atoms with E-state index in [1.54, 1.807) is 29.2 Å². The van der Waals surface area contributed by atoms with Crippen molar-refractivity contribution >= 4 is 29.4 Å². The number of benzene rings is 1. The van der Waals surface area contributed by atoms with Crippen LogP contribution in [0.5, 0.6) is 0 Å². The predicted molar refractivity (Wildman–Crippen MR) is 97.1 cm³/mol. The lowest BCUT2D eigenvalue weighted by Gasteiger charge is -2.33. The second-order valence-corrected chi connectivity index (χ2v) is 7.83. The van der Waals surface area contributed by atoms with Gasteiger partial charge >= 0.3 is 6.09 Å². The number of nitriles is 1. The highest BCUT2D eigenvalue weighted by atomic mass is 32.2. The van der Waals surface area contributed by atoms with E-state index < -0.39 is 5.60 Å². The first-order chi connectivity index (χ1) is 11.8. The highest BCUT2D eigenvalue weighted by Crippen LogP contribution is 2.22. The minimum atomic E-state index is -0.546. The van der Waals surface area contributed by atoms with Crippen LogP contribution in [0.1, 0.15) is 33.6 Å². The van der Waals surface area contributed by atoms with E-state index in [4.69, 9.17) is 10.00 Å². The van der Waals surface area contributed by atoms with Gasteiger partial charge in [0.05, 0.1) is 5.92 Å². The molecule has 6 nitrogen and oxygen atoms in total. The number of hydrogen-bond donors (Lipinski definition) is 1. The van der Waals surface area contributed by atoms with Crippen molar-refractivity contribution in [3.8, 4) is 5.40 Å². The van der Waals surface area contributed by atoms with Gasteiger partial charge in [0.15, 0.2) is 0 Å². The lowest BCUT2D eigenvalue weighted by Crippen LogP contribution is -2.45. The van der Waals surface area contributed by atoms with E-state index in [-0.39, 0.29) is 17.9 Å². The van der Waals surface area contributed by atoms with Crippen LogP contribution in [0.3, 0.4) is 0 Å². The van der Waals surface area contributed by atoms with Gasteiger partial charge in [-0.05, 0) is 69.6 Å². The molecule has 2 amide bonds. The highest BCUT2D eigenvalue weighted by molar-refractivity contribution is 8.03. The van der Waals surface area contributed by atoms with Crippen molar-refractivity contribution in [2.45, 2.75) is 44.1 Å². The average molecular weight is 361 g/mol. The van der Waals surface area contributed by atoms with Crippen LogP contribution >= 0.6 is 11.8 Å². The van der Waals surface area contributed by atoms with Gasteiger partial charge in [-0.15, -0.1) is 0 Å². The predicted octanol–water partition coefficient (Wildman–Crippen LogP) is 3.85. The van der Waals surface area contributed by atoms with E-state index in [0.717, 1.165) is 29.5 Å². The van der Waals surface area contributed by atoms with E-state index in [2.05, 4.69) is 5.32 Å². The number of hydrogen-bond acceptors (Lipinski definition) is 5. The molecule has 1 aliphatic rings. The molecule has 0 bridgehead atoms. The third-order valence-electron chi connectivity index (χ3n) is 3.73. The molecule has 25 heavy (non-hydrogen) atoms. The second-order valence-electron chi connectivity index (χ2n) is 6.97. The molecule has 1 heterocycles.